The molecule has 8 heteroatoms. The topological polar surface area (TPSA) is 121 Å². The number of nitrogens with zero attached hydrogens (tertiary/aromatic N) is 1. The fourth-order valence-corrected chi connectivity index (χ4v) is 0.938. The number of amides is 2. The van der Waals surface area contributed by atoms with Crippen LogP contribution in [0.5, 0.6) is 0 Å². The molecule has 2 amide bonds. The average Bonchev–Trinajstić information content (AvgIpc) is 2.31. The third kappa shape index (κ3) is 9.05. The summed E-state index contributed by atoms with van der Waals surface area (Å²) in [4.78, 5) is 12.0. The van der Waals surface area contributed by atoms with Gasteiger partial charge in [0.25, 0.3) is 0 Å². The summed E-state index contributed by atoms with van der Waals surface area (Å²) in [5, 5.41) is 0. The van der Waals surface area contributed by atoms with Crippen LogP contribution < -0.4 is 5.73 Å². The van der Waals surface area contributed by atoms with E-state index < -0.39 is 10.4 Å². The Labute approximate surface area is 76.1 Å². The van der Waals surface area contributed by atoms with E-state index in [-0.39, 0.29) is 6.03 Å². The summed E-state index contributed by atoms with van der Waals surface area (Å²) < 4.78 is 31.6. The molecular weight excluding hydrogens is 200 g/mol. The van der Waals surface area contributed by atoms with Crippen LogP contribution in [0.2, 0.25) is 0 Å². The van der Waals surface area contributed by atoms with Crippen molar-refractivity contribution in [2.45, 2.75) is 12.8 Å². The van der Waals surface area contributed by atoms with Crippen LogP contribution in [-0.4, -0.2) is 41.5 Å². The second-order valence-electron chi connectivity index (χ2n) is 2.48. The molecule has 0 bridgehead atoms. The molecule has 0 aromatic rings. The lowest BCUT2D eigenvalue weighted by molar-refractivity contribution is 0.218. The molecule has 1 aliphatic heterocycles. The predicted molar refractivity (Wildman–Crippen MR) is 44.6 cm³/mol. The van der Waals surface area contributed by atoms with Gasteiger partial charge in [0.05, 0.1) is 0 Å². The second kappa shape index (κ2) is 5.00. The van der Waals surface area contributed by atoms with Crippen molar-refractivity contribution in [1.82, 2.24) is 4.90 Å². The predicted octanol–water partition coefficient (Wildman–Crippen LogP) is -0.492. The van der Waals surface area contributed by atoms with Gasteiger partial charge in [0, 0.05) is 13.1 Å². The van der Waals surface area contributed by atoms with Gasteiger partial charge in [0.2, 0.25) is 0 Å². The summed E-state index contributed by atoms with van der Waals surface area (Å²) in [6.45, 7) is 1.71. The van der Waals surface area contributed by atoms with Crippen molar-refractivity contribution in [1.29, 1.82) is 0 Å². The van der Waals surface area contributed by atoms with Crippen molar-refractivity contribution < 1.29 is 22.3 Å². The quantitative estimate of drug-likeness (QED) is 0.468. The van der Waals surface area contributed by atoms with E-state index in [2.05, 4.69) is 0 Å². The minimum atomic E-state index is -4.67. The van der Waals surface area contributed by atoms with Gasteiger partial charge < -0.3 is 10.6 Å². The maximum atomic E-state index is 10.3. The molecule has 13 heavy (non-hydrogen) atoms. The van der Waals surface area contributed by atoms with Gasteiger partial charge in [-0.1, -0.05) is 0 Å². The normalized spacial score (nSPS) is 16.3. The summed E-state index contributed by atoms with van der Waals surface area (Å²) in [5.74, 6) is 0. The van der Waals surface area contributed by atoms with E-state index in [0.29, 0.717) is 0 Å². The fourth-order valence-electron chi connectivity index (χ4n) is 0.938. The van der Waals surface area contributed by atoms with Crippen molar-refractivity contribution in [3.8, 4) is 0 Å². The summed E-state index contributed by atoms with van der Waals surface area (Å²) in [7, 11) is -4.67. The van der Waals surface area contributed by atoms with Gasteiger partial charge in [-0.25, -0.2) is 4.79 Å². The SMILES string of the molecule is NC(=O)N1CCCC1.O=S(=O)(O)O. The summed E-state index contributed by atoms with van der Waals surface area (Å²) in [6.07, 6.45) is 2.23. The van der Waals surface area contributed by atoms with Gasteiger partial charge in [-0.3, -0.25) is 9.11 Å². The van der Waals surface area contributed by atoms with Crippen molar-refractivity contribution in [2.24, 2.45) is 5.73 Å². The van der Waals surface area contributed by atoms with E-state index in [1.54, 1.807) is 4.90 Å². The Balaban J connectivity index is 0.000000252. The van der Waals surface area contributed by atoms with Crippen LogP contribution in [0.25, 0.3) is 0 Å². The molecule has 1 aliphatic rings. The Kier molecular flexibility index (Phi) is 4.67. The number of nitrogens with two attached hydrogens (primary N) is 1. The fraction of sp³-hybridized carbons (Fsp3) is 0.800. The van der Waals surface area contributed by atoms with E-state index in [1.165, 1.54) is 0 Å². The lowest BCUT2D eigenvalue weighted by Gasteiger charge is -2.09. The third-order valence-electron chi connectivity index (χ3n) is 1.42. The molecule has 0 unspecified atom stereocenters. The van der Waals surface area contributed by atoms with Gasteiger partial charge in [0.15, 0.2) is 0 Å². The first kappa shape index (κ1) is 12.1. The average molecular weight is 212 g/mol. The number of likely N-dealkylation sites (tertiary alicyclic amines) is 1. The highest BCUT2D eigenvalue weighted by Gasteiger charge is 2.13. The second-order valence-corrected chi connectivity index (χ2v) is 3.38. The molecule has 0 radical (unpaired) electrons. The Morgan fingerprint density at radius 2 is 1.54 bits per heavy atom. The highest BCUT2D eigenvalue weighted by molar-refractivity contribution is 7.79. The van der Waals surface area contributed by atoms with Crippen molar-refractivity contribution in [3.63, 3.8) is 0 Å². The van der Waals surface area contributed by atoms with E-state index in [9.17, 15) is 4.79 Å². The standard InChI is InChI=1S/C5H10N2O.H2O4S/c6-5(8)7-3-1-2-4-7;1-5(2,3)4/h1-4H2,(H2,6,8);(H2,1,2,3,4). The smallest absolute Gasteiger partial charge is 0.351 e. The van der Waals surface area contributed by atoms with Gasteiger partial charge in [-0.15, -0.1) is 0 Å². The van der Waals surface area contributed by atoms with Crippen LogP contribution in [-0.2, 0) is 10.4 Å². The van der Waals surface area contributed by atoms with Gasteiger partial charge in [-0.2, -0.15) is 8.42 Å². The zero-order valence-electron chi connectivity index (χ0n) is 6.88. The molecule has 1 rings (SSSR count). The van der Waals surface area contributed by atoms with Crippen LogP contribution in [0.3, 0.4) is 0 Å². The highest BCUT2D eigenvalue weighted by atomic mass is 32.3. The van der Waals surface area contributed by atoms with Crippen LogP contribution in [0.15, 0.2) is 0 Å². The number of hydrogen-bond donors (Lipinski definition) is 3. The maximum Gasteiger partial charge on any atom is 0.394 e. The first-order chi connectivity index (χ1) is 5.80. The summed E-state index contributed by atoms with van der Waals surface area (Å²) >= 11 is 0. The lowest BCUT2D eigenvalue weighted by Crippen LogP contribution is -2.32. The number of carbonyl (C=O) groups excluding carboxylic acids is 1. The molecule has 4 N–H and O–H groups in total. The highest BCUT2D eigenvalue weighted by Crippen LogP contribution is 2.05. The monoisotopic (exact) mass is 212 g/mol. The molecule has 78 valence electrons. The lowest BCUT2D eigenvalue weighted by atomic mass is 10.4. The number of primary amides is 1. The largest absolute Gasteiger partial charge is 0.394 e. The molecule has 0 aromatic carbocycles. The van der Waals surface area contributed by atoms with E-state index in [4.69, 9.17) is 23.3 Å². The molecular formula is C5H12N2O5S. The number of rotatable bonds is 0. The number of urea groups is 1. The van der Waals surface area contributed by atoms with Crippen LogP contribution in [0, 0.1) is 0 Å². The minimum Gasteiger partial charge on any atom is -0.351 e. The molecule has 0 saturated carbocycles. The Morgan fingerprint density at radius 3 is 1.69 bits per heavy atom. The zero-order valence-corrected chi connectivity index (χ0v) is 7.70. The van der Waals surface area contributed by atoms with Gasteiger partial charge >= 0.3 is 16.4 Å². The molecule has 0 atom stereocenters. The summed E-state index contributed by atoms with van der Waals surface area (Å²) in [6, 6.07) is -0.275. The first-order valence-corrected chi connectivity index (χ1v) is 4.94. The Hall–Kier alpha value is -0.860. The van der Waals surface area contributed by atoms with Crippen LogP contribution in [0.4, 0.5) is 4.79 Å². The molecule has 7 nitrogen and oxygen atoms in total. The van der Waals surface area contributed by atoms with Crippen molar-refractivity contribution >= 4 is 16.4 Å². The Bertz CT molecular complexity index is 248. The molecule has 1 heterocycles. The van der Waals surface area contributed by atoms with E-state index in [0.717, 1.165) is 25.9 Å². The zero-order chi connectivity index (χ0) is 10.5. The summed E-state index contributed by atoms with van der Waals surface area (Å²) in [5.41, 5.74) is 4.98. The molecule has 1 saturated heterocycles. The van der Waals surface area contributed by atoms with Crippen molar-refractivity contribution in [2.75, 3.05) is 13.1 Å². The van der Waals surface area contributed by atoms with E-state index in [1.807, 2.05) is 0 Å². The number of hydrogen-bond acceptors (Lipinski definition) is 3. The van der Waals surface area contributed by atoms with Crippen LogP contribution >= 0.6 is 0 Å². The number of carbonyl (C=O) groups is 1. The Morgan fingerprint density at radius 1 is 1.23 bits per heavy atom. The molecule has 0 spiro atoms. The molecule has 0 aromatic heterocycles. The third-order valence-corrected chi connectivity index (χ3v) is 1.42. The molecule has 1 fully saturated rings. The minimum absolute atomic E-state index is 0.275. The van der Waals surface area contributed by atoms with Gasteiger partial charge in [0.1, 0.15) is 0 Å². The maximum absolute atomic E-state index is 10.3. The van der Waals surface area contributed by atoms with E-state index >= 15 is 0 Å². The first-order valence-electron chi connectivity index (χ1n) is 3.55. The van der Waals surface area contributed by atoms with Crippen molar-refractivity contribution in [3.05, 3.63) is 0 Å². The van der Waals surface area contributed by atoms with Gasteiger partial charge in [-0.05, 0) is 12.8 Å². The van der Waals surface area contributed by atoms with Crippen LogP contribution in [0.1, 0.15) is 12.8 Å². The molecule has 0 aliphatic carbocycles.